The van der Waals surface area contributed by atoms with Crippen LogP contribution in [0.1, 0.15) is 48.9 Å². The van der Waals surface area contributed by atoms with Crippen LogP contribution in [0.2, 0.25) is 0 Å². The first-order valence-electron chi connectivity index (χ1n) is 11.7. The van der Waals surface area contributed by atoms with Crippen LogP contribution in [0.3, 0.4) is 0 Å². The summed E-state index contributed by atoms with van der Waals surface area (Å²) in [6, 6.07) is 21.2. The molecule has 3 atom stereocenters. The van der Waals surface area contributed by atoms with Gasteiger partial charge in [-0.05, 0) is 86.7 Å². The highest BCUT2D eigenvalue weighted by Gasteiger charge is 2.38. The average molecular weight is 475 g/mol. The fraction of sp³-hybridized carbons (Fsp3) is 0.286. The van der Waals surface area contributed by atoms with Crippen molar-refractivity contribution < 1.29 is 13.2 Å². The molecule has 176 valence electrons. The molecule has 2 aliphatic rings. The third kappa shape index (κ3) is 4.42. The van der Waals surface area contributed by atoms with Crippen LogP contribution in [0.15, 0.2) is 83.8 Å². The molecule has 1 aliphatic carbocycles. The Morgan fingerprint density at radius 3 is 2.44 bits per heavy atom. The molecule has 3 aromatic rings. The number of sulfonamides is 1. The molecule has 0 amide bonds. The lowest BCUT2D eigenvalue weighted by atomic mass is 9.77. The minimum atomic E-state index is -3.68. The molecular formula is C28H30N2O3S. The van der Waals surface area contributed by atoms with E-state index in [4.69, 9.17) is 4.74 Å². The van der Waals surface area contributed by atoms with Crippen LogP contribution >= 0.6 is 0 Å². The summed E-state index contributed by atoms with van der Waals surface area (Å²) in [5, 5.41) is 3.68. The highest BCUT2D eigenvalue weighted by Crippen LogP contribution is 2.50. The molecule has 0 spiro atoms. The fourth-order valence-corrected chi connectivity index (χ4v) is 6.02. The highest BCUT2D eigenvalue weighted by atomic mass is 32.2. The standard InChI is InChI=1S/C28H30N2O3S/c1-18(2)33-22-13-9-20(10-14-22)28-25-6-4-5-24(25)26-17-23(15-16-27(26)29-28)34(31,32)30-21-11-7-19(3)8-12-21/h4-5,7-18,24-25,28-30H,6H2,1-3H3/t24-,25+,28+/m0/s1. The van der Waals surface area contributed by atoms with Crippen molar-refractivity contribution in [2.75, 3.05) is 10.0 Å². The van der Waals surface area contributed by atoms with Crippen LogP contribution in [-0.2, 0) is 10.0 Å². The first kappa shape index (κ1) is 22.5. The van der Waals surface area contributed by atoms with E-state index in [1.807, 2.05) is 57.2 Å². The van der Waals surface area contributed by atoms with Crippen molar-refractivity contribution in [3.8, 4) is 5.75 Å². The maximum Gasteiger partial charge on any atom is 0.261 e. The second kappa shape index (κ2) is 8.84. The topological polar surface area (TPSA) is 67.4 Å². The lowest BCUT2D eigenvalue weighted by Crippen LogP contribution is -2.29. The summed E-state index contributed by atoms with van der Waals surface area (Å²) >= 11 is 0. The molecule has 34 heavy (non-hydrogen) atoms. The second-order valence-electron chi connectivity index (χ2n) is 9.43. The number of ether oxygens (including phenoxy) is 1. The molecular weight excluding hydrogens is 444 g/mol. The van der Waals surface area contributed by atoms with Gasteiger partial charge in [-0.2, -0.15) is 0 Å². The monoisotopic (exact) mass is 474 g/mol. The van der Waals surface area contributed by atoms with E-state index in [-0.39, 0.29) is 23.0 Å². The van der Waals surface area contributed by atoms with Crippen molar-refractivity contribution >= 4 is 21.4 Å². The third-order valence-corrected chi connectivity index (χ3v) is 7.94. The Morgan fingerprint density at radius 1 is 1.00 bits per heavy atom. The van der Waals surface area contributed by atoms with Gasteiger partial charge in [-0.1, -0.05) is 42.0 Å². The van der Waals surface area contributed by atoms with E-state index < -0.39 is 10.0 Å². The summed E-state index contributed by atoms with van der Waals surface area (Å²) in [4.78, 5) is 0.279. The van der Waals surface area contributed by atoms with Gasteiger partial charge in [0.15, 0.2) is 0 Å². The third-order valence-electron chi connectivity index (χ3n) is 6.56. The SMILES string of the molecule is Cc1ccc(NS(=O)(=O)c2ccc3c(c2)[C@H]2C=CC[C@H]2[C@@H](c2ccc(OC(C)C)cc2)N3)cc1. The van der Waals surface area contributed by atoms with E-state index in [9.17, 15) is 8.42 Å². The molecule has 0 radical (unpaired) electrons. The molecule has 3 aromatic carbocycles. The lowest BCUT2D eigenvalue weighted by Gasteiger charge is -2.37. The van der Waals surface area contributed by atoms with Gasteiger partial charge in [0.1, 0.15) is 5.75 Å². The van der Waals surface area contributed by atoms with E-state index in [0.717, 1.165) is 29.0 Å². The molecule has 5 nitrogen and oxygen atoms in total. The van der Waals surface area contributed by atoms with Crippen molar-refractivity contribution in [1.82, 2.24) is 0 Å². The summed E-state index contributed by atoms with van der Waals surface area (Å²) in [5.41, 5.74) is 4.86. The quantitative estimate of drug-likeness (QED) is 0.405. The molecule has 0 saturated heterocycles. The number of anilines is 2. The number of rotatable bonds is 6. The minimum absolute atomic E-state index is 0.139. The maximum absolute atomic E-state index is 13.1. The zero-order valence-corrected chi connectivity index (χ0v) is 20.5. The lowest BCUT2D eigenvalue weighted by molar-refractivity contribution is 0.242. The van der Waals surface area contributed by atoms with Crippen LogP contribution in [0.5, 0.6) is 5.75 Å². The van der Waals surface area contributed by atoms with Crippen molar-refractivity contribution in [2.45, 2.75) is 50.2 Å². The number of aryl methyl sites for hydroxylation is 1. The van der Waals surface area contributed by atoms with E-state index in [0.29, 0.717) is 11.6 Å². The first-order valence-corrected chi connectivity index (χ1v) is 13.2. The van der Waals surface area contributed by atoms with Gasteiger partial charge in [-0.15, -0.1) is 0 Å². The predicted octanol–water partition coefficient (Wildman–Crippen LogP) is 6.41. The summed E-state index contributed by atoms with van der Waals surface area (Å²) in [6.07, 6.45) is 5.52. The van der Waals surface area contributed by atoms with Gasteiger partial charge < -0.3 is 10.1 Å². The van der Waals surface area contributed by atoms with Gasteiger partial charge in [-0.3, -0.25) is 4.72 Å². The Bertz CT molecular complexity index is 1310. The summed E-state index contributed by atoms with van der Waals surface area (Å²) in [6.45, 7) is 6.02. The van der Waals surface area contributed by atoms with Gasteiger partial charge in [0.2, 0.25) is 0 Å². The predicted molar refractivity (Wildman–Crippen MR) is 137 cm³/mol. The normalized spacial score (nSPS) is 21.0. The molecule has 0 saturated carbocycles. The molecule has 0 fully saturated rings. The summed E-state index contributed by atoms with van der Waals surface area (Å²) < 4.78 is 34.7. The molecule has 1 heterocycles. The Kier molecular flexibility index (Phi) is 5.86. The maximum atomic E-state index is 13.1. The smallest absolute Gasteiger partial charge is 0.261 e. The molecule has 0 aromatic heterocycles. The zero-order valence-electron chi connectivity index (χ0n) is 19.7. The zero-order chi connectivity index (χ0) is 23.9. The number of benzene rings is 3. The van der Waals surface area contributed by atoms with Crippen molar-refractivity contribution in [3.63, 3.8) is 0 Å². The highest BCUT2D eigenvalue weighted by molar-refractivity contribution is 7.92. The van der Waals surface area contributed by atoms with Gasteiger partial charge >= 0.3 is 0 Å². The van der Waals surface area contributed by atoms with Gasteiger partial charge in [0, 0.05) is 17.3 Å². The Hall–Kier alpha value is -3.25. The molecule has 1 aliphatic heterocycles. The fourth-order valence-electron chi connectivity index (χ4n) is 4.93. The molecule has 5 rings (SSSR count). The number of nitrogens with one attached hydrogen (secondary N) is 2. The summed E-state index contributed by atoms with van der Waals surface area (Å²) in [7, 11) is -3.68. The van der Waals surface area contributed by atoms with E-state index >= 15 is 0 Å². The Balaban J connectivity index is 1.43. The van der Waals surface area contributed by atoms with Gasteiger partial charge in [0.05, 0.1) is 17.0 Å². The van der Waals surface area contributed by atoms with Crippen LogP contribution in [-0.4, -0.2) is 14.5 Å². The van der Waals surface area contributed by atoms with Crippen LogP contribution < -0.4 is 14.8 Å². The Labute approximate surface area is 201 Å². The van der Waals surface area contributed by atoms with Crippen LogP contribution in [0, 0.1) is 12.8 Å². The van der Waals surface area contributed by atoms with E-state index in [2.05, 4.69) is 34.3 Å². The average Bonchev–Trinajstić information content (AvgIpc) is 3.30. The van der Waals surface area contributed by atoms with Gasteiger partial charge in [0.25, 0.3) is 10.0 Å². The number of allylic oxidation sites excluding steroid dienone is 2. The van der Waals surface area contributed by atoms with Gasteiger partial charge in [-0.25, -0.2) is 8.42 Å². The second-order valence-corrected chi connectivity index (χ2v) is 11.1. The Morgan fingerprint density at radius 2 is 1.74 bits per heavy atom. The molecule has 0 unspecified atom stereocenters. The molecule has 6 heteroatoms. The first-order chi connectivity index (χ1) is 16.3. The number of hydrogen-bond donors (Lipinski definition) is 2. The number of fused-ring (bicyclic) bond motifs is 3. The molecule has 0 bridgehead atoms. The largest absolute Gasteiger partial charge is 0.491 e. The van der Waals surface area contributed by atoms with Crippen LogP contribution in [0.4, 0.5) is 11.4 Å². The summed E-state index contributed by atoms with van der Waals surface area (Å²) in [5.74, 6) is 1.36. The van der Waals surface area contributed by atoms with Crippen molar-refractivity contribution in [3.05, 3.63) is 95.6 Å². The van der Waals surface area contributed by atoms with Crippen molar-refractivity contribution in [1.29, 1.82) is 0 Å². The van der Waals surface area contributed by atoms with Crippen molar-refractivity contribution in [2.24, 2.45) is 5.92 Å². The van der Waals surface area contributed by atoms with Crippen LogP contribution in [0.25, 0.3) is 0 Å². The molecule has 2 N–H and O–H groups in total. The number of hydrogen-bond acceptors (Lipinski definition) is 4. The van der Waals surface area contributed by atoms with E-state index in [1.54, 1.807) is 18.2 Å². The minimum Gasteiger partial charge on any atom is -0.491 e. The van der Waals surface area contributed by atoms with E-state index in [1.165, 1.54) is 5.56 Å².